The molecule has 0 bridgehead atoms. The van der Waals surface area contributed by atoms with Gasteiger partial charge in [0.05, 0.1) is 6.61 Å². The molecule has 0 rings (SSSR count). The molecule has 20 heavy (non-hydrogen) atoms. The Morgan fingerprint density at radius 2 is 1.75 bits per heavy atom. The molecule has 0 spiro atoms. The molecule has 0 saturated carbocycles. The second kappa shape index (κ2) is 7.43. The Morgan fingerprint density at radius 3 is 2.20 bits per heavy atom. The SMILES string of the molecule is C=C(C)C(=O)OC(C)(C)CCOC(C)(C)C(=O)NCC. The fourth-order valence-electron chi connectivity index (χ4n) is 1.38. The van der Waals surface area contributed by atoms with Gasteiger partial charge in [0.25, 0.3) is 5.91 Å². The Morgan fingerprint density at radius 1 is 1.20 bits per heavy atom. The standard InChI is InChI=1S/C15H27NO4/c1-8-16-13(18)15(6,7)19-10-9-14(4,5)20-12(17)11(2)3/h2,8-10H2,1,3-7H3,(H,16,18). The summed E-state index contributed by atoms with van der Waals surface area (Å²) in [6, 6.07) is 0. The maximum atomic E-state index is 11.8. The highest BCUT2D eigenvalue weighted by Gasteiger charge is 2.30. The first-order chi connectivity index (χ1) is 9.02. The molecular weight excluding hydrogens is 258 g/mol. The summed E-state index contributed by atoms with van der Waals surface area (Å²) in [5, 5.41) is 2.72. The van der Waals surface area contributed by atoms with E-state index in [1.807, 2.05) is 6.92 Å². The Bertz CT molecular complexity index is 372. The van der Waals surface area contributed by atoms with Crippen LogP contribution in [0.4, 0.5) is 0 Å². The fourth-order valence-corrected chi connectivity index (χ4v) is 1.38. The molecule has 1 N–H and O–H groups in total. The van der Waals surface area contributed by atoms with Crippen molar-refractivity contribution in [3.8, 4) is 0 Å². The molecular formula is C15H27NO4. The van der Waals surface area contributed by atoms with Crippen LogP contribution in [0.2, 0.25) is 0 Å². The highest BCUT2D eigenvalue weighted by atomic mass is 16.6. The first-order valence-electron chi connectivity index (χ1n) is 6.83. The predicted molar refractivity (Wildman–Crippen MR) is 78.3 cm³/mol. The van der Waals surface area contributed by atoms with Crippen LogP contribution in [0.3, 0.4) is 0 Å². The molecule has 1 amide bonds. The van der Waals surface area contributed by atoms with E-state index in [4.69, 9.17) is 9.47 Å². The molecule has 0 saturated heterocycles. The zero-order valence-electron chi connectivity index (χ0n) is 13.5. The topological polar surface area (TPSA) is 64.6 Å². The van der Waals surface area contributed by atoms with Crippen molar-refractivity contribution in [2.24, 2.45) is 0 Å². The van der Waals surface area contributed by atoms with Crippen LogP contribution in [0.5, 0.6) is 0 Å². The van der Waals surface area contributed by atoms with E-state index in [-0.39, 0.29) is 5.91 Å². The number of carbonyl (C=O) groups is 2. The maximum absolute atomic E-state index is 11.8. The molecule has 0 aromatic carbocycles. The third-order valence-corrected chi connectivity index (χ3v) is 2.77. The van der Waals surface area contributed by atoms with Crippen LogP contribution in [-0.2, 0) is 19.1 Å². The van der Waals surface area contributed by atoms with Gasteiger partial charge in [-0.05, 0) is 41.5 Å². The van der Waals surface area contributed by atoms with E-state index in [1.165, 1.54) is 0 Å². The first kappa shape index (κ1) is 18.6. The smallest absolute Gasteiger partial charge is 0.333 e. The summed E-state index contributed by atoms with van der Waals surface area (Å²) in [7, 11) is 0. The number of nitrogens with one attached hydrogen (secondary N) is 1. The summed E-state index contributed by atoms with van der Waals surface area (Å²) >= 11 is 0. The highest BCUT2D eigenvalue weighted by molar-refractivity contribution is 5.87. The summed E-state index contributed by atoms with van der Waals surface area (Å²) in [6.45, 7) is 14.9. The molecule has 0 fully saturated rings. The van der Waals surface area contributed by atoms with Gasteiger partial charge in [-0.2, -0.15) is 0 Å². The van der Waals surface area contributed by atoms with E-state index in [1.54, 1.807) is 34.6 Å². The molecule has 5 nitrogen and oxygen atoms in total. The average Bonchev–Trinajstić information content (AvgIpc) is 2.27. The molecule has 0 unspecified atom stereocenters. The molecule has 116 valence electrons. The second-order valence-corrected chi connectivity index (χ2v) is 5.90. The Balaban J connectivity index is 4.31. The minimum absolute atomic E-state index is 0.156. The molecule has 0 aliphatic carbocycles. The second-order valence-electron chi connectivity index (χ2n) is 5.90. The number of rotatable bonds is 8. The third kappa shape index (κ3) is 6.70. The van der Waals surface area contributed by atoms with Crippen LogP contribution in [0, 0.1) is 0 Å². The van der Waals surface area contributed by atoms with Gasteiger partial charge in [-0.15, -0.1) is 0 Å². The van der Waals surface area contributed by atoms with Gasteiger partial charge in [0.15, 0.2) is 0 Å². The summed E-state index contributed by atoms with van der Waals surface area (Å²) < 4.78 is 10.9. The summed E-state index contributed by atoms with van der Waals surface area (Å²) in [4.78, 5) is 23.2. The number of esters is 1. The van der Waals surface area contributed by atoms with E-state index in [9.17, 15) is 9.59 Å². The lowest BCUT2D eigenvalue weighted by molar-refractivity contribution is -0.157. The number of hydrogen-bond acceptors (Lipinski definition) is 4. The Hall–Kier alpha value is -1.36. The predicted octanol–water partition coefficient (Wildman–Crippen LogP) is 2.21. The van der Waals surface area contributed by atoms with Crippen LogP contribution in [0.25, 0.3) is 0 Å². The van der Waals surface area contributed by atoms with Gasteiger partial charge in [-0.25, -0.2) is 4.79 Å². The minimum Gasteiger partial charge on any atom is -0.456 e. The number of carbonyl (C=O) groups excluding carboxylic acids is 2. The van der Waals surface area contributed by atoms with Crippen molar-refractivity contribution in [2.75, 3.05) is 13.2 Å². The molecule has 5 heteroatoms. The lowest BCUT2D eigenvalue weighted by Crippen LogP contribution is -2.45. The molecule has 0 radical (unpaired) electrons. The average molecular weight is 285 g/mol. The van der Waals surface area contributed by atoms with Crippen molar-refractivity contribution in [1.82, 2.24) is 5.32 Å². The molecule has 0 heterocycles. The number of likely N-dealkylation sites (N-methyl/N-ethyl adjacent to an activating group) is 1. The Kier molecular flexibility index (Phi) is 6.92. The fraction of sp³-hybridized carbons (Fsp3) is 0.733. The molecule has 0 atom stereocenters. The zero-order chi connectivity index (χ0) is 16.0. The summed E-state index contributed by atoms with van der Waals surface area (Å²) in [5.74, 6) is -0.574. The van der Waals surface area contributed by atoms with Crippen molar-refractivity contribution >= 4 is 11.9 Å². The molecule has 0 aromatic heterocycles. The molecule has 0 aliphatic heterocycles. The quantitative estimate of drug-likeness (QED) is 0.548. The van der Waals surface area contributed by atoms with Crippen LogP contribution in [0.1, 0.15) is 48.0 Å². The van der Waals surface area contributed by atoms with Crippen molar-refractivity contribution in [3.05, 3.63) is 12.2 Å². The maximum Gasteiger partial charge on any atom is 0.333 e. The van der Waals surface area contributed by atoms with E-state index in [0.29, 0.717) is 25.1 Å². The van der Waals surface area contributed by atoms with E-state index < -0.39 is 17.2 Å². The summed E-state index contributed by atoms with van der Waals surface area (Å²) in [6.07, 6.45) is 0.495. The third-order valence-electron chi connectivity index (χ3n) is 2.77. The van der Waals surface area contributed by atoms with Gasteiger partial charge in [-0.1, -0.05) is 6.58 Å². The largest absolute Gasteiger partial charge is 0.456 e. The van der Waals surface area contributed by atoms with E-state index in [2.05, 4.69) is 11.9 Å². The number of amides is 1. The summed E-state index contributed by atoms with van der Waals surface area (Å²) in [5.41, 5.74) is -1.20. The van der Waals surface area contributed by atoms with Crippen molar-refractivity contribution in [3.63, 3.8) is 0 Å². The molecule has 0 aliphatic rings. The van der Waals surface area contributed by atoms with Gasteiger partial charge >= 0.3 is 5.97 Å². The zero-order valence-corrected chi connectivity index (χ0v) is 13.5. The van der Waals surface area contributed by atoms with Crippen molar-refractivity contribution < 1.29 is 19.1 Å². The van der Waals surface area contributed by atoms with E-state index in [0.717, 1.165) is 0 Å². The number of ether oxygens (including phenoxy) is 2. The van der Waals surface area contributed by atoms with Gasteiger partial charge in [0, 0.05) is 18.5 Å². The van der Waals surface area contributed by atoms with Crippen molar-refractivity contribution in [2.45, 2.75) is 59.2 Å². The van der Waals surface area contributed by atoms with Crippen LogP contribution < -0.4 is 5.32 Å². The normalized spacial score (nSPS) is 11.9. The molecule has 0 aromatic rings. The first-order valence-corrected chi connectivity index (χ1v) is 6.83. The van der Waals surface area contributed by atoms with Crippen LogP contribution in [0.15, 0.2) is 12.2 Å². The van der Waals surface area contributed by atoms with Gasteiger partial charge < -0.3 is 14.8 Å². The van der Waals surface area contributed by atoms with Gasteiger partial charge in [-0.3, -0.25) is 4.79 Å². The lowest BCUT2D eigenvalue weighted by Gasteiger charge is -2.28. The van der Waals surface area contributed by atoms with Gasteiger partial charge in [0.1, 0.15) is 11.2 Å². The monoisotopic (exact) mass is 285 g/mol. The minimum atomic E-state index is -0.898. The van der Waals surface area contributed by atoms with E-state index >= 15 is 0 Å². The van der Waals surface area contributed by atoms with Gasteiger partial charge in [0.2, 0.25) is 0 Å². The number of hydrogen-bond donors (Lipinski definition) is 1. The van der Waals surface area contributed by atoms with Crippen LogP contribution >= 0.6 is 0 Å². The lowest BCUT2D eigenvalue weighted by atomic mass is 10.0. The Labute approximate surface area is 121 Å². The van der Waals surface area contributed by atoms with Crippen LogP contribution in [-0.4, -0.2) is 36.2 Å². The highest BCUT2D eigenvalue weighted by Crippen LogP contribution is 2.18. The van der Waals surface area contributed by atoms with Crippen molar-refractivity contribution in [1.29, 1.82) is 0 Å².